The first-order chi connectivity index (χ1) is 8.27. The van der Waals surface area contributed by atoms with Gasteiger partial charge in [0.25, 0.3) is 0 Å². The fourth-order valence-corrected chi connectivity index (χ4v) is 1.80. The number of rotatable bonds is 13. The van der Waals surface area contributed by atoms with Crippen LogP contribution in [0, 0.1) is 6.61 Å². The minimum absolute atomic E-state index is 0.531. The Bertz CT molecular complexity index is 169. The molecule has 101 valence electrons. The third-order valence-electron chi connectivity index (χ3n) is 2.80. The zero-order chi connectivity index (χ0) is 12.8. The molecule has 0 saturated heterocycles. The lowest BCUT2D eigenvalue weighted by Crippen LogP contribution is -2.01. The number of carbonyl (C=O) groups is 1. The molecule has 0 fully saturated rings. The lowest BCUT2D eigenvalue weighted by molar-refractivity contribution is -0.137. The van der Waals surface area contributed by atoms with Gasteiger partial charge in [-0.25, -0.2) is 4.79 Å². The van der Waals surface area contributed by atoms with E-state index in [1.807, 2.05) is 0 Å². The number of hydrogen-bond donors (Lipinski definition) is 1. The molecule has 3 heteroatoms. The Kier molecular flexibility index (Phi) is 13.0. The zero-order valence-electron chi connectivity index (χ0n) is 11.1. The number of carboxylic acids is 1. The Balaban J connectivity index is 2.91. The number of unbranched alkanes of at least 4 members (excludes halogenated alkanes) is 9. The fourth-order valence-electron chi connectivity index (χ4n) is 1.80. The van der Waals surface area contributed by atoms with Crippen molar-refractivity contribution in [2.24, 2.45) is 0 Å². The van der Waals surface area contributed by atoms with Gasteiger partial charge in [0, 0.05) is 6.61 Å². The van der Waals surface area contributed by atoms with Crippen LogP contribution >= 0.6 is 0 Å². The van der Waals surface area contributed by atoms with Gasteiger partial charge in [-0.3, -0.25) is 0 Å². The molecule has 0 rings (SSSR count). The Labute approximate surface area is 106 Å². The summed E-state index contributed by atoms with van der Waals surface area (Å²) in [5.41, 5.74) is 0. The smallest absolute Gasteiger partial charge is 0.336 e. The standard InChI is InChI=1S/C14H27O3/c1-2-3-4-5-6-7-8-9-10-11-12-17-13-14(15)16/h13H,2-12H2,1H3,(H,15,16). The van der Waals surface area contributed by atoms with Crippen LogP contribution in [0.1, 0.15) is 71.1 Å². The Morgan fingerprint density at radius 3 is 1.88 bits per heavy atom. The van der Waals surface area contributed by atoms with Gasteiger partial charge in [-0.2, -0.15) is 0 Å². The minimum Gasteiger partial charge on any atom is -0.479 e. The van der Waals surface area contributed by atoms with Crippen molar-refractivity contribution < 1.29 is 14.6 Å². The summed E-state index contributed by atoms with van der Waals surface area (Å²) in [7, 11) is 0. The van der Waals surface area contributed by atoms with Gasteiger partial charge in [-0.15, -0.1) is 0 Å². The van der Waals surface area contributed by atoms with Crippen molar-refractivity contribution in [3.63, 3.8) is 0 Å². The molecule has 0 aliphatic carbocycles. The van der Waals surface area contributed by atoms with Gasteiger partial charge >= 0.3 is 5.97 Å². The molecule has 17 heavy (non-hydrogen) atoms. The average molecular weight is 243 g/mol. The van der Waals surface area contributed by atoms with Crippen molar-refractivity contribution >= 4 is 5.97 Å². The maximum atomic E-state index is 10.1. The molecule has 0 bridgehead atoms. The van der Waals surface area contributed by atoms with E-state index >= 15 is 0 Å². The maximum Gasteiger partial charge on any atom is 0.336 e. The summed E-state index contributed by atoms with van der Waals surface area (Å²) < 4.78 is 4.84. The summed E-state index contributed by atoms with van der Waals surface area (Å²) in [6, 6.07) is 0. The van der Waals surface area contributed by atoms with Gasteiger partial charge < -0.3 is 9.84 Å². The van der Waals surface area contributed by atoms with Gasteiger partial charge in [-0.05, 0) is 6.42 Å². The number of aliphatic carboxylic acids is 1. The molecule has 0 saturated carbocycles. The fraction of sp³-hybridized carbons (Fsp3) is 0.857. The van der Waals surface area contributed by atoms with Crippen LogP contribution in [0.5, 0.6) is 0 Å². The van der Waals surface area contributed by atoms with E-state index in [1.165, 1.54) is 51.4 Å². The van der Waals surface area contributed by atoms with Crippen molar-refractivity contribution in [3.05, 3.63) is 6.61 Å². The third kappa shape index (κ3) is 15.4. The van der Waals surface area contributed by atoms with E-state index in [1.54, 1.807) is 0 Å². The van der Waals surface area contributed by atoms with Crippen LogP contribution in [0.3, 0.4) is 0 Å². The van der Waals surface area contributed by atoms with Gasteiger partial charge in [0.05, 0.1) is 0 Å². The second-order valence-corrected chi connectivity index (χ2v) is 4.51. The molecule has 1 N–H and O–H groups in total. The lowest BCUT2D eigenvalue weighted by Gasteiger charge is -2.02. The predicted octanol–water partition coefficient (Wildman–Crippen LogP) is 4.17. The zero-order valence-corrected chi connectivity index (χ0v) is 11.1. The summed E-state index contributed by atoms with van der Waals surface area (Å²) in [6.07, 6.45) is 12.8. The van der Waals surface area contributed by atoms with Crippen molar-refractivity contribution in [3.8, 4) is 0 Å². The van der Waals surface area contributed by atoms with Gasteiger partial charge in [0.15, 0.2) is 6.61 Å². The van der Waals surface area contributed by atoms with Crippen molar-refractivity contribution in [1.29, 1.82) is 0 Å². The highest BCUT2D eigenvalue weighted by molar-refractivity contribution is 5.74. The highest BCUT2D eigenvalue weighted by Crippen LogP contribution is 2.10. The van der Waals surface area contributed by atoms with E-state index < -0.39 is 5.97 Å². The molecule has 0 aliphatic heterocycles. The second kappa shape index (κ2) is 13.5. The van der Waals surface area contributed by atoms with Crippen LogP contribution in [0.25, 0.3) is 0 Å². The second-order valence-electron chi connectivity index (χ2n) is 4.51. The van der Waals surface area contributed by atoms with E-state index in [0.717, 1.165) is 19.4 Å². The Morgan fingerprint density at radius 2 is 1.41 bits per heavy atom. The summed E-state index contributed by atoms with van der Waals surface area (Å²) in [6.45, 7) is 3.64. The van der Waals surface area contributed by atoms with Gasteiger partial charge in [-0.1, -0.05) is 64.7 Å². The average Bonchev–Trinajstić information content (AvgIpc) is 2.30. The molecule has 3 nitrogen and oxygen atoms in total. The highest BCUT2D eigenvalue weighted by atomic mass is 16.5. The minimum atomic E-state index is -1.00. The van der Waals surface area contributed by atoms with Crippen molar-refractivity contribution in [1.82, 2.24) is 0 Å². The molecule has 0 spiro atoms. The first-order valence-corrected chi connectivity index (χ1v) is 6.95. The van der Waals surface area contributed by atoms with Crippen LogP contribution in [0.15, 0.2) is 0 Å². The topological polar surface area (TPSA) is 46.5 Å². The number of hydrogen-bond acceptors (Lipinski definition) is 2. The van der Waals surface area contributed by atoms with Gasteiger partial charge in [0.1, 0.15) is 0 Å². The van der Waals surface area contributed by atoms with E-state index in [4.69, 9.17) is 9.84 Å². The molecule has 0 aliphatic rings. The molecule has 0 aromatic carbocycles. The van der Waals surface area contributed by atoms with Crippen molar-refractivity contribution in [2.45, 2.75) is 71.1 Å². The quantitative estimate of drug-likeness (QED) is 0.494. The van der Waals surface area contributed by atoms with E-state index in [0.29, 0.717) is 6.61 Å². The molecule has 0 atom stereocenters. The molecule has 0 heterocycles. The Morgan fingerprint density at radius 1 is 0.941 bits per heavy atom. The molecular formula is C14H27O3. The van der Waals surface area contributed by atoms with Crippen LogP contribution < -0.4 is 0 Å². The third-order valence-corrected chi connectivity index (χ3v) is 2.80. The summed E-state index contributed by atoms with van der Waals surface area (Å²) >= 11 is 0. The molecular weight excluding hydrogens is 216 g/mol. The highest BCUT2D eigenvalue weighted by Gasteiger charge is 1.97. The van der Waals surface area contributed by atoms with Crippen LogP contribution in [0.4, 0.5) is 0 Å². The number of ether oxygens (including phenoxy) is 1. The lowest BCUT2D eigenvalue weighted by atomic mass is 10.1. The number of carboxylic acid groups (broad SMARTS) is 1. The van der Waals surface area contributed by atoms with E-state index in [2.05, 4.69) is 6.92 Å². The Hall–Kier alpha value is -0.570. The monoisotopic (exact) mass is 243 g/mol. The SMILES string of the molecule is CCCCCCCCCCCCO[CH]C(=O)O. The van der Waals surface area contributed by atoms with Gasteiger partial charge in [0.2, 0.25) is 0 Å². The molecule has 0 amide bonds. The first-order valence-electron chi connectivity index (χ1n) is 6.95. The van der Waals surface area contributed by atoms with E-state index in [9.17, 15) is 4.79 Å². The summed E-state index contributed by atoms with van der Waals surface area (Å²) in [4.78, 5) is 10.1. The van der Waals surface area contributed by atoms with Crippen LogP contribution in [-0.4, -0.2) is 17.7 Å². The normalized spacial score (nSPS) is 10.6. The predicted molar refractivity (Wildman–Crippen MR) is 69.7 cm³/mol. The molecule has 0 aromatic heterocycles. The molecule has 0 aromatic rings. The van der Waals surface area contributed by atoms with Crippen LogP contribution in [0.2, 0.25) is 0 Å². The summed E-state index contributed by atoms with van der Waals surface area (Å²) in [5.74, 6) is -1.00. The van der Waals surface area contributed by atoms with Crippen molar-refractivity contribution in [2.75, 3.05) is 6.61 Å². The molecule has 0 unspecified atom stereocenters. The van der Waals surface area contributed by atoms with E-state index in [-0.39, 0.29) is 0 Å². The van der Waals surface area contributed by atoms with Crippen LogP contribution in [-0.2, 0) is 9.53 Å². The maximum absolute atomic E-state index is 10.1. The summed E-state index contributed by atoms with van der Waals surface area (Å²) in [5, 5.41) is 8.29. The largest absolute Gasteiger partial charge is 0.479 e. The first kappa shape index (κ1) is 16.4. The molecule has 1 radical (unpaired) electrons.